The first kappa shape index (κ1) is 24.2. The van der Waals surface area contributed by atoms with Crippen LogP contribution in [0.3, 0.4) is 0 Å². The van der Waals surface area contributed by atoms with E-state index in [-0.39, 0.29) is 37.0 Å². The third-order valence-corrected chi connectivity index (χ3v) is 7.41. The summed E-state index contributed by atoms with van der Waals surface area (Å²) in [5.41, 5.74) is -1.12. The molecule has 1 aliphatic carbocycles. The van der Waals surface area contributed by atoms with Gasteiger partial charge >= 0.3 is 5.69 Å². The molecule has 1 aromatic carbocycles. The lowest BCUT2D eigenvalue weighted by Gasteiger charge is -2.26. The molecule has 1 aromatic heterocycles. The fourth-order valence-electron chi connectivity index (χ4n) is 3.32. The van der Waals surface area contributed by atoms with E-state index in [1.54, 1.807) is 12.1 Å². The van der Waals surface area contributed by atoms with E-state index in [0.717, 1.165) is 12.8 Å². The molecule has 0 amide bonds. The third-order valence-electron chi connectivity index (χ3n) is 5.34. The van der Waals surface area contributed by atoms with Crippen molar-refractivity contribution in [3.05, 3.63) is 62.7 Å². The van der Waals surface area contributed by atoms with E-state index >= 15 is 0 Å². The molecule has 0 spiro atoms. The second-order valence-electron chi connectivity index (χ2n) is 8.85. The van der Waals surface area contributed by atoms with E-state index < -0.39 is 32.3 Å². The Balaban J connectivity index is 1.51. The summed E-state index contributed by atoms with van der Waals surface area (Å²) in [4.78, 5) is 24.7. The van der Waals surface area contributed by atoms with Crippen LogP contribution in [0.4, 0.5) is 4.39 Å². The van der Waals surface area contributed by atoms with Gasteiger partial charge in [0.2, 0.25) is 0 Å². The molecule has 8 nitrogen and oxygen atoms in total. The number of ether oxygens (including phenoxy) is 2. The molecule has 0 saturated heterocycles. The van der Waals surface area contributed by atoms with Gasteiger partial charge in [0, 0.05) is 24.3 Å². The number of halogens is 1. The van der Waals surface area contributed by atoms with Gasteiger partial charge in [-0.2, -0.15) is 0 Å². The van der Waals surface area contributed by atoms with Gasteiger partial charge in [0.25, 0.3) is 5.56 Å². The summed E-state index contributed by atoms with van der Waals surface area (Å²) in [5, 5.41) is 0. The molecule has 3 rings (SSSR count). The van der Waals surface area contributed by atoms with Crippen LogP contribution in [0, 0.1) is 11.7 Å². The van der Waals surface area contributed by atoms with Crippen LogP contribution in [-0.4, -0.2) is 42.7 Å². The quantitative estimate of drug-likeness (QED) is 0.479. The molecule has 0 radical (unpaired) electrons. The third kappa shape index (κ3) is 7.03. The minimum Gasteiger partial charge on any atom is -0.490 e. The lowest BCUT2D eigenvalue weighted by Crippen LogP contribution is -2.30. The van der Waals surface area contributed by atoms with Gasteiger partial charge in [0.1, 0.15) is 6.73 Å². The molecule has 0 unspecified atom stereocenters. The monoisotopic (exact) mass is 468 g/mol. The number of sulfone groups is 1. The Hall–Kier alpha value is -2.46. The topological polar surface area (TPSA) is 107 Å². The molecule has 1 saturated carbocycles. The number of nitrogens with zero attached hydrogens (tertiary/aromatic N) is 1. The zero-order chi connectivity index (χ0) is 23.4. The van der Waals surface area contributed by atoms with Gasteiger partial charge in [-0.3, -0.25) is 14.3 Å². The first-order chi connectivity index (χ1) is 15.1. The van der Waals surface area contributed by atoms with Gasteiger partial charge in [-0.1, -0.05) is 19.9 Å². The van der Waals surface area contributed by atoms with Crippen LogP contribution in [0.5, 0.6) is 5.75 Å². The molecule has 0 atom stereocenters. The predicted molar refractivity (Wildman–Crippen MR) is 118 cm³/mol. The van der Waals surface area contributed by atoms with Crippen molar-refractivity contribution in [1.82, 2.24) is 9.55 Å². The second-order valence-corrected chi connectivity index (χ2v) is 11.0. The van der Waals surface area contributed by atoms with Gasteiger partial charge in [-0.05, 0) is 42.9 Å². The van der Waals surface area contributed by atoms with Crippen LogP contribution in [0.2, 0.25) is 0 Å². The molecular weight excluding hydrogens is 439 g/mol. The predicted octanol–water partition coefficient (Wildman–Crippen LogP) is 2.22. The van der Waals surface area contributed by atoms with Crippen molar-refractivity contribution in [3.63, 3.8) is 0 Å². The highest BCUT2D eigenvalue weighted by molar-refractivity contribution is 7.91. The van der Waals surface area contributed by atoms with Crippen molar-refractivity contribution in [2.75, 3.05) is 24.7 Å². The molecule has 176 valence electrons. The Morgan fingerprint density at radius 3 is 2.66 bits per heavy atom. The summed E-state index contributed by atoms with van der Waals surface area (Å²) < 4.78 is 51.5. The summed E-state index contributed by atoms with van der Waals surface area (Å²) in [6.45, 7) is 4.15. The fraction of sp³-hybridized carbons (Fsp3) is 0.545. The second kappa shape index (κ2) is 9.99. The van der Waals surface area contributed by atoms with Crippen LogP contribution >= 0.6 is 0 Å². The van der Waals surface area contributed by atoms with E-state index in [0.29, 0.717) is 18.1 Å². The number of H-pyrrole nitrogens is 1. The fourth-order valence-corrected chi connectivity index (χ4v) is 5.29. The summed E-state index contributed by atoms with van der Waals surface area (Å²) in [7, 11) is -3.42. The largest absolute Gasteiger partial charge is 0.490 e. The lowest BCUT2D eigenvalue weighted by molar-refractivity contribution is 0.0745. The molecule has 32 heavy (non-hydrogen) atoms. The highest BCUT2D eigenvalue weighted by Crippen LogP contribution is 2.33. The van der Waals surface area contributed by atoms with Crippen LogP contribution in [0.15, 0.2) is 40.1 Å². The van der Waals surface area contributed by atoms with Gasteiger partial charge in [-0.25, -0.2) is 17.6 Å². The smallest absolute Gasteiger partial charge is 0.330 e. The number of hydrogen-bond donors (Lipinski definition) is 1. The Kier molecular flexibility index (Phi) is 7.55. The molecule has 1 N–H and O–H groups in total. The zero-order valence-corrected chi connectivity index (χ0v) is 19.1. The maximum atomic E-state index is 14.1. The van der Waals surface area contributed by atoms with Crippen LogP contribution < -0.4 is 16.0 Å². The zero-order valence-electron chi connectivity index (χ0n) is 18.3. The van der Waals surface area contributed by atoms with Gasteiger partial charge in [0.15, 0.2) is 21.4 Å². The number of hydrogen-bond acceptors (Lipinski definition) is 6. The van der Waals surface area contributed by atoms with Crippen molar-refractivity contribution in [1.29, 1.82) is 0 Å². The molecule has 1 heterocycles. The highest BCUT2D eigenvalue weighted by atomic mass is 32.2. The van der Waals surface area contributed by atoms with E-state index in [1.807, 2.05) is 13.8 Å². The minimum atomic E-state index is -3.42. The minimum absolute atomic E-state index is 0.0802. The highest BCUT2D eigenvalue weighted by Gasteiger charge is 2.29. The maximum absolute atomic E-state index is 14.1. The molecule has 2 aromatic rings. The normalized spacial score (nSPS) is 14.5. The average Bonchev–Trinajstić information content (AvgIpc) is 3.52. The first-order valence-corrected chi connectivity index (χ1v) is 12.4. The van der Waals surface area contributed by atoms with Crippen LogP contribution in [0.1, 0.15) is 38.7 Å². The molecule has 0 aliphatic heterocycles. The summed E-state index contributed by atoms with van der Waals surface area (Å²) in [6.07, 6.45) is 3.76. The summed E-state index contributed by atoms with van der Waals surface area (Å²) in [5.74, 6) is 0.00467. The number of nitrogens with one attached hydrogen (secondary N) is 1. The standard InChI is InChI=1S/C22H29FN2O6S/c1-22(2,17-6-7-18(23)19(12-17)31-13-16-4-5-16)14-32(28,29)11-3-10-30-15-25-9-8-20(26)24-21(25)27/h6-9,12,16H,3-5,10-11,13-15H2,1-2H3,(H,24,26,27). The van der Waals surface area contributed by atoms with E-state index in [4.69, 9.17) is 9.47 Å². The number of aromatic amines is 1. The van der Waals surface area contributed by atoms with Gasteiger partial charge in [0.05, 0.1) is 18.1 Å². The van der Waals surface area contributed by atoms with Crippen molar-refractivity contribution in [2.45, 2.75) is 45.3 Å². The Bertz CT molecular complexity index is 1150. The van der Waals surface area contributed by atoms with E-state index in [2.05, 4.69) is 4.98 Å². The Labute approximate surface area is 186 Å². The lowest BCUT2D eigenvalue weighted by atomic mass is 9.86. The SMILES string of the molecule is CC(C)(CS(=O)(=O)CCCOCn1ccc(=O)[nH]c1=O)c1ccc(F)c(OCC2CC2)c1. The molecule has 1 fully saturated rings. The maximum Gasteiger partial charge on any atom is 0.330 e. The first-order valence-electron chi connectivity index (χ1n) is 10.6. The number of rotatable bonds is 12. The Morgan fingerprint density at radius 2 is 1.97 bits per heavy atom. The van der Waals surface area contributed by atoms with Crippen molar-refractivity contribution >= 4 is 9.84 Å². The average molecular weight is 469 g/mol. The van der Waals surface area contributed by atoms with Crippen LogP contribution in [0.25, 0.3) is 0 Å². The Morgan fingerprint density at radius 1 is 1.22 bits per heavy atom. The number of benzene rings is 1. The van der Waals surface area contributed by atoms with Gasteiger partial charge in [-0.15, -0.1) is 0 Å². The van der Waals surface area contributed by atoms with Crippen molar-refractivity contribution in [3.8, 4) is 5.75 Å². The van der Waals surface area contributed by atoms with Crippen LogP contribution in [-0.2, 0) is 26.7 Å². The van der Waals surface area contributed by atoms with Crippen molar-refractivity contribution in [2.24, 2.45) is 5.92 Å². The molecule has 1 aliphatic rings. The van der Waals surface area contributed by atoms with E-state index in [1.165, 1.54) is 22.9 Å². The molecule has 0 bridgehead atoms. The van der Waals surface area contributed by atoms with E-state index in [9.17, 15) is 22.4 Å². The molecular formula is C22H29FN2O6S. The summed E-state index contributed by atoms with van der Waals surface area (Å²) in [6, 6.07) is 5.71. The van der Waals surface area contributed by atoms with Gasteiger partial charge < -0.3 is 9.47 Å². The van der Waals surface area contributed by atoms with Crippen molar-refractivity contribution < 1.29 is 22.3 Å². The summed E-state index contributed by atoms with van der Waals surface area (Å²) >= 11 is 0. The number of aromatic nitrogens is 2. The molecule has 10 heteroatoms.